The van der Waals surface area contributed by atoms with Gasteiger partial charge in [0, 0.05) is 6.20 Å². The highest BCUT2D eigenvalue weighted by Crippen LogP contribution is 2.02. The van der Waals surface area contributed by atoms with Crippen molar-refractivity contribution in [3.63, 3.8) is 0 Å². The van der Waals surface area contributed by atoms with Crippen molar-refractivity contribution in [1.82, 2.24) is 4.98 Å². The van der Waals surface area contributed by atoms with Crippen LogP contribution in [0.2, 0.25) is 0 Å². The standard InChI is InChI=1S/C8H10.C6H3N3O/c1-7-5-3-4-6-8(7)2;10-6-8-4-2-1-3-7-5(4)9-6/h3-6H,1-2H3;1-3H. The minimum absolute atomic E-state index is 0.424. The van der Waals surface area contributed by atoms with E-state index in [0.29, 0.717) is 10.8 Å². The van der Waals surface area contributed by atoms with Crippen LogP contribution >= 0.6 is 0 Å². The van der Waals surface area contributed by atoms with Gasteiger partial charge in [0.1, 0.15) is 5.36 Å². The van der Waals surface area contributed by atoms with Crippen molar-refractivity contribution >= 4 is 6.03 Å². The summed E-state index contributed by atoms with van der Waals surface area (Å²) in [5.74, 6) is 0. The van der Waals surface area contributed by atoms with Crippen LogP contribution in [0.5, 0.6) is 0 Å². The summed E-state index contributed by atoms with van der Waals surface area (Å²) in [5, 5.41) is 0.563. The van der Waals surface area contributed by atoms with Crippen LogP contribution in [0.25, 0.3) is 0 Å². The second-order valence-electron chi connectivity index (χ2n) is 3.94. The molecule has 0 radical (unpaired) electrons. The number of amides is 2. The van der Waals surface area contributed by atoms with Gasteiger partial charge in [-0.3, -0.25) is 0 Å². The van der Waals surface area contributed by atoms with E-state index in [4.69, 9.17) is 0 Å². The Balaban J connectivity index is 0.000000138. The number of aryl methyl sites for hydroxylation is 2. The first-order valence-corrected chi connectivity index (χ1v) is 5.61. The highest BCUT2D eigenvalue weighted by Gasteiger charge is 2.02. The summed E-state index contributed by atoms with van der Waals surface area (Å²) < 4.78 is 0. The summed E-state index contributed by atoms with van der Waals surface area (Å²) in [5.41, 5.74) is 3.16. The number of fused-ring (bicyclic) bond motifs is 1. The molecule has 4 heteroatoms. The average Bonchev–Trinajstić information content (AvgIpc) is 2.74. The van der Waals surface area contributed by atoms with E-state index in [9.17, 15) is 4.79 Å². The summed E-state index contributed by atoms with van der Waals surface area (Å²) in [4.78, 5) is 21.5. The van der Waals surface area contributed by atoms with E-state index >= 15 is 0 Å². The molecule has 0 saturated carbocycles. The van der Waals surface area contributed by atoms with Crippen LogP contribution in [0.3, 0.4) is 0 Å². The van der Waals surface area contributed by atoms with Gasteiger partial charge in [-0.2, -0.15) is 9.98 Å². The van der Waals surface area contributed by atoms with Crippen LogP contribution in [0, 0.1) is 13.8 Å². The van der Waals surface area contributed by atoms with Gasteiger partial charge in [-0.25, -0.2) is 9.78 Å². The topological polar surface area (TPSA) is 54.7 Å². The lowest BCUT2D eigenvalue weighted by Crippen LogP contribution is -2.23. The monoisotopic (exact) mass is 239 g/mol. The molecule has 0 atom stereocenters. The van der Waals surface area contributed by atoms with Gasteiger partial charge in [-0.05, 0) is 37.1 Å². The Morgan fingerprint density at radius 3 is 2.11 bits per heavy atom. The number of carbonyl (C=O) groups excluding carboxylic acids is 1. The van der Waals surface area contributed by atoms with Gasteiger partial charge in [-0.15, -0.1) is 0 Å². The highest BCUT2D eigenvalue weighted by molar-refractivity contribution is 5.77. The zero-order valence-electron chi connectivity index (χ0n) is 10.3. The number of benzene rings is 1. The van der Waals surface area contributed by atoms with Crippen molar-refractivity contribution in [3.05, 3.63) is 64.6 Å². The molecule has 1 aliphatic rings. The molecule has 4 nitrogen and oxygen atoms in total. The Morgan fingerprint density at radius 2 is 1.56 bits per heavy atom. The molecule has 18 heavy (non-hydrogen) atoms. The first-order valence-electron chi connectivity index (χ1n) is 5.61. The zero-order chi connectivity index (χ0) is 13.0. The third kappa shape index (κ3) is 2.85. The van der Waals surface area contributed by atoms with E-state index in [-0.39, 0.29) is 0 Å². The third-order valence-corrected chi connectivity index (χ3v) is 2.61. The van der Waals surface area contributed by atoms with Gasteiger partial charge < -0.3 is 0 Å². The number of hydrogen-bond acceptors (Lipinski definition) is 2. The second-order valence-corrected chi connectivity index (χ2v) is 3.94. The lowest BCUT2D eigenvalue weighted by molar-refractivity contribution is 0.256. The molecule has 2 heterocycles. The van der Waals surface area contributed by atoms with Crippen LogP contribution in [0.15, 0.2) is 52.6 Å². The molecular formula is C14H13N3O. The minimum atomic E-state index is -0.464. The number of rotatable bonds is 0. The molecule has 1 aliphatic heterocycles. The molecule has 1 aromatic carbocycles. The van der Waals surface area contributed by atoms with Crippen LogP contribution in [0.1, 0.15) is 11.1 Å². The van der Waals surface area contributed by atoms with Crippen molar-refractivity contribution in [1.29, 1.82) is 0 Å². The molecule has 0 unspecified atom stereocenters. The Labute approximate surface area is 105 Å². The number of urea groups is 1. The predicted molar refractivity (Wildman–Crippen MR) is 67.9 cm³/mol. The van der Waals surface area contributed by atoms with Crippen molar-refractivity contribution in [2.75, 3.05) is 0 Å². The van der Waals surface area contributed by atoms with E-state index in [1.165, 1.54) is 11.1 Å². The normalized spacial score (nSPS) is 11.8. The van der Waals surface area contributed by atoms with E-state index in [1.807, 2.05) is 0 Å². The number of hydrogen-bond donors (Lipinski definition) is 0. The predicted octanol–water partition coefficient (Wildman–Crippen LogP) is 1.76. The van der Waals surface area contributed by atoms with E-state index in [0.717, 1.165) is 0 Å². The van der Waals surface area contributed by atoms with Crippen molar-refractivity contribution in [3.8, 4) is 0 Å². The first kappa shape index (κ1) is 12.1. The molecule has 0 saturated heterocycles. The van der Waals surface area contributed by atoms with E-state index in [2.05, 4.69) is 53.1 Å². The molecule has 3 rings (SSSR count). The van der Waals surface area contributed by atoms with Crippen molar-refractivity contribution in [2.45, 2.75) is 13.8 Å². The number of carbonyl (C=O) groups is 1. The molecule has 0 fully saturated rings. The quantitative estimate of drug-likeness (QED) is 0.703. The van der Waals surface area contributed by atoms with Crippen molar-refractivity contribution < 1.29 is 4.79 Å². The van der Waals surface area contributed by atoms with Crippen molar-refractivity contribution in [2.24, 2.45) is 9.98 Å². The fourth-order valence-electron chi connectivity index (χ4n) is 1.44. The molecule has 90 valence electrons. The molecule has 1 aromatic heterocycles. The lowest BCUT2D eigenvalue weighted by Gasteiger charge is -1.93. The Bertz CT molecular complexity index is 634. The van der Waals surface area contributed by atoms with Gasteiger partial charge in [0.2, 0.25) is 0 Å². The summed E-state index contributed by atoms with van der Waals surface area (Å²) in [6.07, 6.45) is 1.58. The third-order valence-electron chi connectivity index (χ3n) is 2.61. The smallest absolute Gasteiger partial charge is 0.244 e. The fourth-order valence-corrected chi connectivity index (χ4v) is 1.44. The molecule has 2 aromatic rings. The zero-order valence-corrected chi connectivity index (χ0v) is 10.3. The van der Waals surface area contributed by atoms with Crippen LogP contribution in [-0.2, 0) is 0 Å². The van der Waals surface area contributed by atoms with Crippen LogP contribution < -0.4 is 10.8 Å². The van der Waals surface area contributed by atoms with Gasteiger partial charge in [0.05, 0.1) is 0 Å². The van der Waals surface area contributed by atoms with Gasteiger partial charge >= 0.3 is 6.03 Å². The molecule has 0 spiro atoms. The summed E-state index contributed by atoms with van der Waals surface area (Å²) in [7, 11) is 0. The van der Waals surface area contributed by atoms with Gasteiger partial charge in [-0.1, -0.05) is 24.3 Å². The average molecular weight is 239 g/mol. The van der Waals surface area contributed by atoms with Crippen LogP contribution in [0.4, 0.5) is 4.79 Å². The fraction of sp³-hybridized carbons (Fsp3) is 0.143. The maximum Gasteiger partial charge on any atom is 0.369 e. The molecular weight excluding hydrogens is 226 g/mol. The summed E-state index contributed by atoms with van der Waals surface area (Å²) in [6.45, 7) is 4.24. The minimum Gasteiger partial charge on any atom is -0.244 e. The molecule has 0 bridgehead atoms. The SMILES string of the molecule is Cc1ccccc1C.O=C1N=c2cccnc2=N1. The Morgan fingerprint density at radius 1 is 0.889 bits per heavy atom. The van der Waals surface area contributed by atoms with Gasteiger partial charge in [0.25, 0.3) is 0 Å². The first-order chi connectivity index (χ1) is 8.66. The van der Waals surface area contributed by atoms with E-state index in [1.54, 1.807) is 18.3 Å². The Hall–Kier alpha value is -2.36. The molecule has 0 N–H and O–H groups in total. The number of pyridine rings is 1. The largest absolute Gasteiger partial charge is 0.369 e. The summed E-state index contributed by atoms with van der Waals surface area (Å²) >= 11 is 0. The Kier molecular flexibility index (Phi) is 3.57. The maximum atomic E-state index is 10.5. The number of aromatic nitrogens is 1. The molecule has 0 aliphatic carbocycles. The maximum absolute atomic E-state index is 10.5. The number of nitrogens with zero attached hydrogens (tertiary/aromatic N) is 3. The molecule has 2 amide bonds. The second kappa shape index (κ2) is 5.31. The van der Waals surface area contributed by atoms with Gasteiger partial charge in [0.15, 0.2) is 5.49 Å². The highest BCUT2D eigenvalue weighted by atomic mass is 16.2. The van der Waals surface area contributed by atoms with E-state index < -0.39 is 6.03 Å². The summed E-state index contributed by atoms with van der Waals surface area (Å²) in [6, 6.07) is 11.3. The van der Waals surface area contributed by atoms with Crippen LogP contribution in [-0.4, -0.2) is 11.0 Å². The lowest BCUT2D eigenvalue weighted by atomic mass is 10.1.